The number of hydrogen-bond donors (Lipinski definition) is 1. The first-order valence-electron chi connectivity index (χ1n) is 2.36. The number of nitrogens with one attached hydrogen (secondary N) is 1. The minimum atomic E-state index is -0.0654. The van der Waals surface area contributed by atoms with E-state index in [1.165, 1.54) is 11.1 Å². The lowest BCUT2D eigenvalue weighted by molar-refractivity contribution is -0.116. The van der Waals surface area contributed by atoms with Crippen LogP contribution < -0.4 is 5.32 Å². The number of rotatable bonds is 2. The van der Waals surface area contributed by atoms with E-state index in [1.54, 1.807) is 0 Å². The van der Waals surface area contributed by atoms with Gasteiger partial charge in [0.25, 0.3) is 0 Å². The summed E-state index contributed by atoms with van der Waals surface area (Å²) < 4.78 is 0. The van der Waals surface area contributed by atoms with Gasteiger partial charge in [-0.3, -0.25) is 4.79 Å². The minimum Gasteiger partial charge on any atom is -0.353 e. The van der Waals surface area contributed by atoms with Crippen LogP contribution >= 0.6 is 15.9 Å². The predicted octanol–water partition coefficient (Wildman–Crippen LogP) is 1.03. The van der Waals surface area contributed by atoms with Crippen LogP contribution in [0.25, 0.3) is 0 Å². The maximum absolute atomic E-state index is 10.4. The Balaban J connectivity index is 3.33. The van der Waals surface area contributed by atoms with Crippen LogP contribution in [0.5, 0.6) is 0 Å². The van der Waals surface area contributed by atoms with Crippen LogP contribution in [0.2, 0.25) is 0 Å². The second kappa shape index (κ2) is 4.84. The third-order valence-corrected chi connectivity index (χ3v) is 0.830. The van der Waals surface area contributed by atoms with Crippen molar-refractivity contribution in [2.24, 2.45) is 0 Å². The number of carbonyl (C=O) groups is 1. The van der Waals surface area contributed by atoms with E-state index in [0.717, 1.165) is 0 Å². The van der Waals surface area contributed by atoms with Crippen molar-refractivity contribution in [3.63, 3.8) is 0 Å². The van der Waals surface area contributed by atoms with Crippen molar-refractivity contribution >= 4 is 21.8 Å². The van der Waals surface area contributed by atoms with E-state index in [2.05, 4.69) is 21.2 Å². The summed E-state index contributed by atoms with van der Waals surface area (Å²) in [6.07, 6.45) is 1.42. The van der Waals surface area contributed by atoms with Crippen molar-refractivity contribution < 1.29 is 4.79 Å². The molecule has 1 amide bonds. The van der Waals surface area contributed by atoms with Crippen molar-refractivity contribution in [3.05, 3.63) is 11.1 Å². The molecule has 0 rings (SSSR count). The van der Waals surface area contributed by atoms with Crippen molar-refractivity contribution in [1.82, 2.24) is 5.32 Å². The van der Waals surface area contributed by atoms with E-state index in [-0.39, 0.29) is 5.91 Å². The number of amides is 1. The Kier molecular flexibility index (Phi) is 4.65. The van der Waals surface area contributed by atoms with E-state index >= 15 is 0 Å². The monoisotopic (exact) mass is 177 g/mol. The molecule has 46 valence electrons. The second-order valence-electron chi connectivity index (χ2n) is 1.19. The van der Waals surface area contributed by atoms with Gasteiger partial charge in [0.2, 0.25) is 5.91 Å². The number of halogens is 1. The maximum Gasteiger partial charge on any atom is 0.244 e. The Labute approximate surface area is 57.1 Å². The van der Waals surface area contributed by atoms with E-state index in [1.807, 2.05) is 6.92 Å². The summed E-state index contributed by atoms with van der Waals surface area (Å²) in [5.74, 6) is -0.0654. The average molecular weight is 178 g/mol. The first kappa shape index (κ1) is 7.69. The topological polar surface area (TPSA) is 29.1 Å². The number of hydrogen-bond acceptors (Lipinski definition) is 1. The molecule has 2 nitrogen and oxygen atoms in total. The molecule has 0 spiro atoms. The van der Waals surface area contributed by atoms with Crippen LogP contribution in [0.15, 0.2) is 11.1 Å². The molecule has 0 atom stereocenters. The zero-order valence-electron chi connectivity index (χ0n) is 4.65. The van der Waals surface area contributed by atoms with Crippen molar-refractivity contribution in [3.8, 4) is 0 Å². The third-order valence-electron chi connectivity index (χ3n) is 0.565. The molecule has 0 fully saturated rings. The predicted molar refractivity (Wildman–Crippen MR) is 36.8 cm³/mol. The fourth-order valence-electron chi connectivity index (χ4n) is 0.290. The van der Waals surface area contributed by atoms with Crippen molar-refractivity contribution in [1.29, 1.82) is 0 Å². The summed E-state index contributed by atoms with van der Waals surface area (Å²) in [6.45, 7) is 2.55. The lowest BCUT2D eigenvalue weighted by Gasteiger charge is -1.91. The van der Waals surface area contributed by atoms with Crippen LogP contribution in [0.4, 0.5) is 0 Å². The average Bonchev–Trinajstić information content (AvgIpc) is 1.68. The Morgan fingerprint density at radius 1 is 1.88 bits per heavy atom. The van der Waals surface area contributed by atoms with Crippen LogP contribution in [-0.4, -0.2) is 12.5 Å². The lowest BCUT2D eigenvalue weighted by Crippen LogP contribution is -2.19. The molecule has 0 bridgehead atoms. The summed E-state index contributed by atoms with van der Waals surface area (Å²) in [5, 5.41) is 2.59. The molecule has 8 heavy (non-hydrogen) atoms. The molecule has 3 heteroatoms. The summed E-state index contributed by atoms with van der Waals surface area (Å²) >= 11 is 2.98. The Bertz CT molecular complexity index is 101. The molecule has 0 aliphatic heterocycles. The summed E-state index contributed by atoms with van der Waals surface area (Å²) in [7, 11) is 0. The summed E-state index contributed by atoms with van der Waals surface area (Å²) in [4.78, 5) is 11.9. The lowest BCUT2D eigenvalue weighted by atomic mass is 10.6. The highest BCUT2D eigenvalue weighted by molar-refractivity contribution is 9.11. The number of carbonyl (C=O) groups excluding carboxylic acids is 1. The van der Waals surface area contributed by atoms with E-state index in [9.17, 15) is 4.79 Å². The van der Waals surface area contributed by atoms with Crippen molar-refractivity contribution in [2.75, 3.05) is 6.54 Å². The first-order chi connectivity index (χ1) is 3.81. The van der Waals surface area contributed by atoms with Gasteiger partial charge in [-0.25, -0.2) is 0 Å². The SMILES string of the molecule is CCNC(=O)C=CBr. The molecule has 0 aliphatic rings. The molecule has 1 N–H and O–H groups in total. The molecule has 0 heterocycles. The first-order valence-corrected chi connectivity index (χ1v) is 3.27. The molecule has 0 radical (unpaired) electrons. The van der Waals surface area contributed by atoms with Gasteiger partial charge in [0, 0.05) is 12.6 Å². The molecule has 0 aromatic heterocycles. The van der Waals surface area contributed by atoms with E-state index in [4.69, 9.17) is 0 Å². The van der Waals surface area contributed by atoms with Gasteiger partial charge in [0.1, 0.15) is 0 Å². The van der Waals surface area contributed by atoms with Gasteiger partial charge in [0.05, 0.1) is 0 Å². The molecule has 0 unspecified atom stereocenters. The van der Waals surface area contributed by atoms with Crippen LogP contribution in [0.3, 0.4) is 0 Å². The molecule has 0 aromatic carbocycles. The van der Waals surface area contributed by atoms with Gasteiger partial charge in [-0.1, -0.05) is 15.9 Å². The fourth-order valence-corrected chi connectivity index (χ4v) is 0.530. The molecule has 0 aromatic rings. The van der Waals surface area contributed by atoms with Crippen LogP contribution in [-0.2, 0) is 4.79 Å². The van der Waals surface area contributed by atoms with Gasteiger partial charge < -0.3 is 5.32 Å². The van der Waals surface area contributed by atoms with Crippen molar-refractivity contribution in [2.45, 2.75) is 6.92 Å². The molecule has 0 aliphatic carbocycles. The number of likely N-dealkylation sites (N-methyl/N-ethyl adjacent to an activating group) is 1. The molecule has 0 saturated carbocycles. The van der Waals surface area contributed by atoms with Gasteiger partial charge in [-0.2, -0.15) is 0 Å². The highest BCUT2D eigenvalue weighted by Crippen LogP contribution is 1.80. The van der Waals surface area contributed by atoms with Gasteiger partial charge >= 0.3 is 0 Å². The van der Waals surface area contributed by atoms with Gasteiger partial charge in [-0.15, -0.1) is 0 Å². The van der Waals surface area contributed by atoms with E-state index in [0.29, 0.717) is 6.54 Å². The Morgan fingerprint density at radius 2 is 2.50 bits per heavy atom. The summed E-state index contributed by atoms with van der Waals surface area (Å²) in [5.41, 5.74) is 0. The van der Waals surface area contributed by atoms with Gasteiger partial charge in [0.15, 0.2) is 0 Å². The zero-order chi connectivity index (χ0) is 6.41. The Morgan fingerprint density at radius 3 is 2.88 bits per heavy atom. The molecular formula is C5H8BrNO. The molecular weight excluding hydrogens is 170 g/mol. The molecule has 0 saturated heterocycles. The van der Waals surface area contributed by atoms with Crippen LogP contribution in [0.1, 0.15) is 6.92 Å². The standard InChI is InChI=1S/C5H8BrNO/c1-2-7-5(8)3-4-6/h3-4H,2H2,1H3,(H,7,8). The third kappa shape index (κ3) is 3.87. The van der Waals surface area contributed by atoms with Crippen LogP contribution in [0, 0.1) is 0 Å². The summed E-state index contributed by atoms with van der Waals surface area (Å²) in [6, 6.07) is 0. The normalized spacial score (nSPS) is 9.75. The highest BCUT2D eigenvalue weighted by atomic mass is 79.9. The largest absolute Gasteiger partial charge is 0.353 e. The second-order valence-corrected chi connectivity index (χ2v) is 1.72. The van der Waals surface area contributed by atoms with E-state index < -0.39 is 0 Å². The smallest absolute Gasteiger partial charge is 0.244 e. The quantitative estimate of drug-likeness (QED) is 0.628. The zero-order valence-corrected chi connectivity index (χ0v) is 6.23. The maximum atomic E-state index is 10.4. The minimum absolute atomic E-state index is 0.0654. The fraction of sp³-hybridized carbons (Fsp3) is 0.400. The highest BCUT2D eigenvalue weighted by Gasteiger charge is 1.86. The Hall–Kier alpha value is -0.310. The van der Waals surface area contributed by atoms with Gasteiger partial charge in [-0.05, 0) is 11.9 Å².